The van der Waals surface area contributed by atoms with E-state index in [4.69, 9.17) is 10.8 Å². The molecule has 0 bridgehead atoms. The van der Waals surface area contributed by atoms with Gasteiger partial charge < -0.3 is 10.8 Å². The Morgan fingerprint density at radius 2 is 2.00 bits per heavy atom. The number of aliphatic hydroxyl groups excluding tert-OH is 1. The molecule has 0 saturated carbocycles. The average Bonchev–Trinajstić information content (AvgIpc) is 1.86. The van der Waals surface area contributed by atoms with Gasteiger partial charge >= 0.3 is 0 Å². The molecule has 0 fully saturated rings. The van der Waals surface area contributed by atoms with Crippen LogP contribution in [-0.2, 0) is 0 Å². The normalized spacial score (nSPS) is 14.1. The Morgan fingerprint density at radius 1 is 1.40 bits per heavy atom. The number of aliphatic hydroxyl groups is 1. The highest BCUT2D eigenvalue weighted by Gasteiger charge is 2.07. The van der Waals surface area contributed by atoms with Gasteiger partial charge in [-0.15, -0.1) is 0 Å². The van der Waals surface area contributed by atoms with Crippen molar-refractivity contribution in [3.8, 4) is 0 Å². The molecule has 0 aliphatic rings. The Balaban J connectivity index is 3.39. The van der Waals surface area contributed by atoms with Crippen LogP contribution in [0.4, 0.5) is 0 Å². The van der Waals surface area contributed by atoms with E-state index < -0.39 is 0 Å². The molecule has 0 amide bonds. The lowest BCUT2D eigenvalue weighted by Crippen LogP contribution is -2.14. The quantitative estimate of drug-likeness (QED) is 0.606. The molecule has 0 saturated heterocycles. The minimum Gasteiger partial charge on any atom is -0.396 e. The van der Waals surface area contributed by atoms with Crippen LogP contribution >= 0.6 is 0 Å². The number of hydrogen-bond donors (Lipinski definition) is 2. The van der Waals surface area contributed by atoms with Crippen LogP contribution in [-0.4, -0.2) is 18.3 Å². The molecule has 62 valence electrons. The van der Waals surface area contributed by atoms with E-state index >= 15 is 0 Å². The van der Waals surface area contributed by atoms with Gasteiger partial charge in [0.25, 0.3) is 0 Å². The van der Waals surface area contributed by atoms with Crippen molar-refractivity contribution in [3.63, 3.8) is 0 Å². The van der Waals surface area contributed by atoms with Gasteiger partial charge in [-0.1, -0.05) is 13.8 Å². The van der Waals surface area contributed by atoms with Crippen molar-refractivity contribution in [1.29, 1.82) is 0 Å². The van der Waals surface area contributed by atoms with Crippen molar-refractivity contribution in [2.24, 2.45) is 17.6 Å². The van der Waals surface area contributed by atoms with Crippen molar-refractivity contribution >= 4 is 0 Å². The summed E-state index contributed by atoms with van der Waals surface area (Å²) in [5.74, 6) is 1.09. The molecule has 0 aromatic heterocycles. The zero-order chi connectivity index (χ0) is 7.98. The van der Waals surface area contributed by atoms with Gasteiger partial charge in [0.2, 0.25) is 0 Å². The molecule has 0 aromatic carbocycles. The zero-order valence-corrected chi connectivity index (χ0v) is 7.01. The van der Waals surface area contributed by atoms with Crippen LogP contribution in [0.3, 0.4) is 0 Å². The molecule has 0 aliphatic carbocycles. The smallest absolute Gasteiger partial charge is 0.0459 e. The fourth-order valence-electron chi connectivity index (χ4n) is 1.19. The van der Waals surface area contributed by atoms with Gasteiger partial charge in [0.05, 0.1) is 0 Å². The van der Waals surface area contributed by atoms with Crippen molar-refractivity contribution in [1.82, 2.24) is 0 Å². The molecular formula is C8H19NO. The average molecular weight is 145 g/mol. The Kier molecular flexibility index (Phi) is 5.64. The highest BCUT2D eigenvalue weighted by Crippen LogP contribution is 2.13. The van der Waals surface area contributed by atoms with Crippen LogP contribution in [0.2, 0.25) is 0 Å². The maximum absolute atomic E-state index is 8.85. The van der Waals surface area contributed by atoms with Crippen LogP contribution in [0, 0.1) is 11.8 Å². The lowest BCUT2D eigenvalue weighted by Gasteiger charge is -2.14. The van der Waals surface area contributed by atoms with E-state index in [-0.39, 0.29) is 6.61 Å². The second-order valence-electron chi connectivity index (χ2n) is 3.26. The SMILES string of the molecule is CC(C)CC(CO)CCN. The summed E-state index contributed by atoms with van der Waals surface area (Å²) in [6.45, 7) is 5.31. The molecule has 0 radical (unpaired) electrons. The van der Waals surface area contributed by atoms with Crippen LogP contribution in [0.25, 0.3) is 0 Å². The minimum absolute atomic E-state index is 0.287. The zero-order valence-electron chi connectivity index (χ0n) is 7.01. The summed E-state index contributed by atoms with van der Waals surface area (Å²) < 4.78 is 0. The molecule has 3 N–H and O–H groups in total. The number of hydrogen-bond acceptors (Lipinski definition) is 2. The van der Waals surface area contributed by atoms with E-state index in [0.29, 0.717) is 18.4 Å². The van der Waals surface area contributed by atoms with E-state index in [9.17, 15) is 0 Å². The van der Waals surface area contributed by atoms with Gasteiger partial charge in [0, 0.05) is 6.61 Å². The van der Waals surface area contributed by atoms with Gasteiger partial charge in [0.15, 0.2) is 0 Å². The molecule has 0 aliphatic heterocycles. The maximum atomic E-state index is 8.85. The van der Waals surface area contributed by atoms with E-state index in [2.05, 4.69) is 13.8 Å². The standard InChI is InChI=1S/C8H19NO/c1-7(2)5-8(6-10)3-4-9/h7-8,10H,3-6,9H2,1-2H3. The highest BCUT2D eigenvalue weighted by molar-refractivity contribution is 4.60. The first kappa shape index (κ1) is 9.92. The summed E-state index contributed by atoms with van der Waals surface area (Å²) in [4.78, 5) is 0. The second kappa shape index (κ2) is 5.69. The summed E-state index contributed by atoms with van der Waals surface area (Å²) in [6, 6.07) is 0. The third kappa shape index (κ3) is 4.77. The second-order valence-corrected chi connectivity index (χ2v) is 3.26. The fourth-order valence-corrected chi connectivity index (χ4v) is 1.19. The number of rotatable bonds is 5. The molecule has 0 rings (SSSR count). The maximum Gasteiger partial charge on any atom is 0.0459 e. The first-order valence-electron chi connectivity index (χ1n) is 4.01. The predicted molar refractivity (Wildman–Crippen MR) is 43.7 cm³/mol. The Morgan fingerprint density at radius 3 is 2.30 bits per heavy atom. The summed E-state index contributed by atoms with van der Waals surface area (Å²) in [7, 11) is 0. The van der Waals surface area contributed by atoms with Crippen LogP contribution in [0.5, 0.6) is 0 Å². The topological polar surface area (TPSA) is 46.2 Å². The molecule has 0 spiro atoms. The van der Waals surface area contributed by atoms with Crippen molar-refractivity contribution in [2.45, 2.75) is 26.7 Å². The summed E-state index contributed by atoms with van der Waals surface area (Å²) in [6.07, 6.45) is 2.04. The lowest BCUT2D eigenvalue weighted by atomic mass is 9.95. The van der Waals surface area contributed by atoms with Crippen molar-refractivity contribution in [3.05, 3.63) is 0 Å². The molecular weight excluding hydrogens is 126 g/mol. The number of nitrogens with two attached hydrogens (primary N) is 1. The van der Waals surface area contributed by atoms with E-state index in [1.807, 2.05) is 0 Å². The third-order valence-corrected chi connectivity index (χ3v) is 1.64. The molecule has 2 nitrogen and oxygen atoms in total. The van der Waals surface area contributed by atoms with Crippen LogP contribution < -0.4 is 5.73 Å². The van der Waals surface area contributed by atoms with Gasteiger partial charge in [0.1, 0.15) is 0 Å². The Labute approximate surface area is 63.4 Å². The van der Waals surface area contributed by atoms with E-state index in [1.54, 1.807) is 0 Å². The van der Waals surface area contributed by atoms with Crippen LogP contribution in [0.1, 0.15) is 26.7 Å². The van der Waals surface area contributed by atoms with Gasteiger partial charge in [-0.2, -0.15) is 0 Å². The monoisotopic (exact) mass is 145 g/mol. The molecule has 1 atom stereocenters. The molecule has 10 heavy (non-hydrogen) atoms. The first-order chi connectivity index (χ1) is 4.70. The largest absolute Gasteiger partial charge is 0.396 e. The van der Waals surface area contributed by atoms with Crippen molar-refractivity contribution in [2.75, 3.05) is 13.2 Å². The lowest BCUT2D eigenvalue weighted by molar-refractivity contribution is 0.200. The Bertz CT molecular complexity index is 73.7. The first-order valence-corrected chi connectivity index (χ1v) is 4.01. The highest BCUT2D eigenvalue weighted by atomic mass is 16.3. The van der Waals surface area contributed by atoms with Gasteiger partial charge in [-0.3, -0.25) is 0 Å². The van der Waals surface area contributed by atoms with E-state index in [1.165, 1.54) is 0 Å². The molecule has 0 heterocycles. The minimum atomic E-state index is 0.287. The Hall–Kier alpha value is -0.0800. The van der Waals surface area contributed by atoms with Crippen LogP contribution in [0.15, 0.2) is 0 Å². The molecule has 1 unspecified atom stereocenters. The van der Waals surface area contributed by atoms with E-state index in [0.717, 1.165) is 12.8 Å². The molecule has 2 heteroatoms. The summed E-state index contributed by atoms with van der Waals surface area (Å²) in [5.41, 5.74) is 5.37. The fraction of sp³-hybridized carbons (Fsp3) is 1.00. The molecule has 0 aromatic rings. The van der Waals surface area contributed by atoms with Gasteiger partial charge in [-0.25, -0.2) is 0 Å². The third-order valence-electron chi connectivity index (χ3n) is 1.64. The predicted octanol–water partition coefficient (Wildman–Crippen LogP) is 0.990. The summed E-state index contributed by atoms with van der Waals surface area (Å²) in [5, 5.41) is 8.85. The van der Waals surface area contributed by atoms with Crippen molar-refractivity contribution < 1.29 is 5.11 Å². The van der Waals surface area contributed by atoms with Gasteiger partial charge in [-0.05, 0) is 31.2 Å². The summed E-state index contributed by atoms with van der Waals surface area (Å²) >= 11 is 0.